The molecule has 0 spiro atoms. The fourth-order valence-electron chi connectivity index (χ4n) is 2.09. The minimum Gasteiger partial charge on any atom is -0.493 e. The number of methoxy groups -OCH3 is 1. The first-order valence-corrected chi connectivity index (χ1v) is 8.10. The van der Waals surface area contributed by atoms with E-state index in [0.717, 1.165) is 11.1 Å². The average molecular weight is 356 g/mol. The van der Waals surface area contributed by atoms with Crippen LogP contribution in [0.15, 0.2) is 42.5 Å². The average Bonchev–Trinajstić information content (AvgIpc) is 2.60. The minimum absolute atomic E-state index is 0.239. The number of carbonyl (C=O) groups is 1. The molecule has 0 aromatic heterocycles. The van der Waals surface area contributed by atoms with Crippen molar-refractivity contribution in [2.45, 2.75) is 13.8 Å². The molecule has 0 amide bonds. The Morgan fingerprint density at radius 3 is 2.56 bits per heavy atom. The van der Waals surface area contributed by atoms with E-state index in [1.54, 1.807) is 56.3 Å². The first-order valence-electron chi connectivity index (χ1n) is 7.72. The summed E-state index contributed by atoms with van der Waals surface area (Å²) in [6.45, 7) is 3.52. The van der Waals surface area contributed by atoms with Crippen LogP contribution in [0.3, 0.4) is 0 Å². The molecule has 0 N–H and O–H groups in total. The van der Waals surface area contributed by atoms with Crippen molar-refractivity contribution in [2.24, 2.45) is 5.92 Å². The van der Waals surface area contributed by atoms with Crippen LogP contribution in [0, 0.1) is 17.2 Å². The van der Waals surface area contributed by atoms with Crippen LogP contribution in [0.1, 0.15) is 25.0 Å². The van der Waals surface area contributed by atoms with Crippen LogP contribution in [0.4, 0.5) is 0 Å². The number of nitrogens with zero attached hydrogens (tertiary/aromatic N) is 1. The standard InChI is InChI=1S/C20H18ClNO3/c1-13(2)20(23)25-18-8-7-14(10-19(18)24-3)9-16(12-22)15-5-4-6-17(21)11-15/h4-11,13H,1-3H3/b16-9-. The highest BCUT2D eigenvalue weighted by Crippen LogP contribution is 2.30. The minimum atomic E-state index is -0.335. The van der Waals surface area contributed by atoms with Gasteiger partial charge in [0.25, 0.3) is 0 Å². The second-order valence-corrected chi connectivity index (χ2v) is 6.10. The van der Waals surface area contributed by atoms with E-state index in [2.05, 4.69) is 6.07 Å². The number of ether oxygens (including phenoxy) is 2. The molecule has 0 atom stereocenters. The molecule has 5 heteroatoms. The molecule has 0 aliphatic carbocycles. The lowest BCUT2D eigenvalue weighted by Crippen LogP contribution is -2.15. The summed E-state index contributed by atoms with van der Waals surface area (Å²) in [6, 6.07) is 14.4. The third kappa shape index (κ3) is 4.85. The van der Waals surface area contributed by atoms with Gasteiger partial charge in [0.05, 0.1) is 24.7 Å². The van der Waals surface area contributed by atoms with Crippen molar-refractivity contribution in [3.63, 3.8) is 0 Å². The largest absolute Gasteiger partial charge is 0.493 e. The van der Waals surface area contributed by atoms with Gasteiger partial charge in [-0.3, -0.25) is 4.79 Å². The van der Waals surface area contributed by atoms with Crippen LogP contribution in [-0.2, 0) is 4.79 Å². The van der Waals surface area contributed by atoms with Crippen LogP contribution in [0.5, 0.6) is 11.5 Å². The second kappa shape index (κ2) is 8.36. The van der Waals surface area contributed by atoms with Crippen molar-refractivity contribution in [1.82, 2.24) is 0 Å². The highest BCUT2D eigenvalue weighted by Gasteiger charge is 2.14. The molecule has 0 bridgehead atoms. The Morgan fingerprint density at radius 2 is 1.96 bits per heavy atom. The van der Waals surface area contributed by atoms with E-state index in [9.17, 15) is 10.1 Å². The summed E-state index contributed by atoms with van der Waals surface area (Å²) < 4.78 is 10.6. The van der Waals surface area contributed by atoms with Gasteiger partial charge in [0.2, 0.25) is 0 Å². The quantitative estimate of drug-likeness (QED) is 0.328. The molecule has 0 fully saturated rings. The maximum atomic E-state index is 11.8. The number of rotatable bonds is 5. The summed E-state index contributed by atoms with van der Waals surface area (Å²) >= 11 is 5.99. The number of esters is 1. The highest BCUT2D eigenvalue weighted by molar-refractivity contribution is 6.30. The van der Waals surface area contributed by atoms with E-state index >= 15 is 0 Å². The molecule has 2 aromatic carbocycles. The molecular weight excluding hydrogens is 338 g/mol. The van der Waals surface area contributed by atoms with Crippen molar-refractivity contribution < 1.29 is 14.3 Å². The fourth-order valence-corrected chi connectivity index (χ4v) is 2.28. The zero-order chi connectivity index (χ0) is 18.4. The third-order valence-corrected chi connectivity index (χ3v) is 3.67. The summed E-state index contributed by atoms with van der Waals surface area (Å²) in [6.07, 6.45) is 1.72. The molecule has 0 aliphatic heterocycles. The van der Waals surface area contributed by atoms with Gasteiger partial charge in [-0.05, 0) is 41.5 Å². The molecule has 0 heterocycles. The molecule has 25 heavy (non-hydrogen) atoms. The van der Waals surface area contributed by atoms with Gasteiger partial charge in [-0.1, -0.05) is 43.6 Å². The van der Waals surface area contributed by atoms with Crippen LogP contribution in [-0.4, -0.2) is 13.1 Å². The molecule has 0 saturated carbocycles. The Morgan fingerprint density at radius 1 is 1.20 bits per heavy atom. The molecule has 128 valence electrons. The van der Waals surface area contributed by atoms with Crippen molar-refractivity contribution >= 4 is 29.2 Å². The smallest absolute Gasteiger partial charge is 0.313 e. The number of hydrogen-bond acceptors (Lipinski definition) is 4. The Kier molecular flexibility index (Phi) is 6.21. The molecule has 0 radical (unpaired) electrons. The monoisotopic (exact) mass is 355 g/mol. The molecular formula is C20H18ClNO3. The van der Waals surface area contributed by atoms with Gasteiger partial charge >= 0.3 is 5.97 Å². The van der Waals surface area contributed by atoms with Gasteiger partial charge in [-0.25, -0.2) is 0 Å². The number of benzene rings is 2. The molecule has 2 aromatic rings. The lowest BCUT2D eigenvalue weighted by Gasteiger charge is -2.11. The number of nitriles is 1. The topological polar surface area (TPSA) is 59.3 Å². The lowest BCUT2D eigenvalue weighted by atomic mass is 10.0. The molecule has 0 aliphatic rings. The predicted octanol–water partition coefficient (Wildman–Crippen LogP) is 4.97. The van der Waals surface area contributed by atoms with E-state index in [4.69, 9.17) is 21.1 Å². The summed E-state index contributed by atoms with van der Waals surface area (Å²) in [7, 11) is 1.50. The van der Waals surface area contributed by atoms with E-state index in [-0.39, 0.29) is 11.9 Å². The molecule has 2 rings (SSSR count). The Hall–Kier alpha value is -2.77. The third-order valence-electron chi connectivity index (χ3n) is 3.44. The summed E-state index contributed by atoms with van der Waals surface area (Å²) in [5.41, 5.74) is 1.94. The van der Waals surface area contributed by atoms with Gasteiger partial charge < -0.3 is 9.47 Å². The normalized spacial score (nSPS) is 11.1. The predicted molar refractivity (Wildman–Crippen MR) is 98.4 cm³/mol. The number of hydrogen-bond donors (Lipinski definition) is 0. The van der Waals surface area contributed by atoms with Crippen molar-refractivity contribution in [3.8, 4) is 17.6 Å². The number of carbonyl (C=O) groups excluding carboxylic acids is 1. The number of allylic oxidation sites excluding steroid dienone is 1. The van der Waals surface area contributed by atoms with Gasteiger partial charge in [0.15, 0.2) is 11.5 Å². The Balaban J connectivity index is 2.36. The van der Waals surface area contributed by atoms with Gasteiger partial charge in [0.1, 0.15) is 0 Å². The fraction of sp³-hybridized carbons (Fsp3) is 0.200. The van der Waals surface area contributed by atoms with Gasteiger partial charge in [-0.2, -0.15) is 5.26 Å². The van der Waals surface area contributed by atoms with E-state index < -0.39 is 0 Å². The van der Waals surface area contributed by atoms with E-state index in [1.807, 2.05) is 6.07 Å². The SMILES string of the molecule is COc1cc(/C=C(/C#N)c2cccc(Cl)c2)ccc1OC(=O)C(C)C. The highest BCUT2D eigenvalue weighted by atomic mass is 35.5. The summed E-state index contributed by atoms with van der Waals surface area (Å²) in [5.74, 6) is 0.196. The second-order valence-electron chi connectivity index (χ2n) is 5.67. The summed E-state index contributed by atoms with van der Waals surface area (Å²) in [5, 5.41) is 9.99. The molecule has 0 saturated heterocycles. The lowest BCUT2D eigenvalue weighted by molar-refractivity contribution is -0.137. The van der Waals surface area contributed by atoms with E-state index in [1.165, 1.54) is 7.11 Å². The van der Waals surface area contributed by atoms with Crippen LogP contribution in [0.2, 0.25) is 5.02 Å². The zero-order valence-corrected chi connectivity index (χ0v) is 15.0. The van der Waals surface area contributed by atoms with Crippen molar-refractivity contribution in [2.75, 3.05) is 7.11 Å². The Labute approximate surface area is 152 Å². The molecule has 0 unspecified atom stereocenters. The number of halogens is 1. The molecule has 4 nitrogen and oxygen atoms in total. The van der Waals surface area contributed by atoms with Crippen LogP contribution >= 0.6 is 11.6 Å². The van der Waals surface area contributed by atoms with Crippen molar-refractivity contribution in [1.29, 1.82) is 5.26 Å². The first kappa shape index (κ1) is 18.6. The van der Waals surface area contributed by atoms with Crippen LogP contribution < -0.4 is 9.47 Å². The summed E-state index contributed by atoms with van der Waals surface area (Å²) in [4.78, 5) is 11.8. The van der Waals surface area contributed by atoms with Gasteiger partial charge in [0, 0.05) is 5.02 Å². The zero-order valence-electron chi connectivity index (χ0n) is 14.2. The first-order chi connectivity index (χ1) is 11.9. The maximum Gasteiger partial charge on any atom is 0.313 e. The van der Waals surface area contributed by atoms with Crippen molar-refractivity contribution in [3.05, 3.63) is 58.6 Å². The maximum absolute atomic E-state index is 11.8. The van der Waals surface area contributed by atoms with Gasteiger partial charge in [-0.15, -0.1) is 0 Å². The Bertz CT molecular complexity index is 850. The van der Waals surface area contributed by atoms with E-state index in [0.29, 0.717) is 22.1 Å². The van der Waals surface area contributed by atoms with Crippen LogP contribution in [0.25, 0.3) is 11.6 Å².